The lowest BCUT2D eigenvalue weighted by molar-refractivity contribution is -0.149. The zero-order chi connectivity index (χ0) is 19.9. The van der Waals surface area contributed by atoms with E-state index < -0.39 is 12.2 Å². The Hall–Kier alpha value is -2.56. The van der Waals surface area contributed by atoms with Gasteiger partial charge in [0.15, 0.2) is 0 Å². The number of carbonyl (C=O) groups is 2. The van der Waals surface area contributed by atoms with Crippen LogP contribution >= 0.6 is 0 Å². The fourth-order valence-corrected chi connectivity index (χ4v) is 3.92. The third-order valence-corrected chi connectivity index (χ3v) is 5.30. The lowest BCUT2D eigenvalue weighted by Crippen LogP contribution is -2.30. The van der Waals surface area contributed by atoms with Gasteiger partial charge in [-0.25, -0.2) is 4.79 Å². The summed E-state index contributed by atoms with van der Waals surface area (Å²) in [6.45, 7) is 15.3. The monoisotopic (exact) mass is 370 g/mol. The molecule has 0 N–H and O–H groups in total. The molecule has 144 valence electrons. The van der Waals surface area contributed by atoms with Crippen molar-refractivity contribution in [2.75, 3.05) is 0 Å². The Labute approximate surface area is 159 Å². The molecule has 3 rings (SSSR count). The Bertz CT molecular complexity index is 841. The van der Waals surface area contributed by atoms with Gasteiger partial charge in [0.05, 0.1) is 5.92 Å². The van der Waals surface area contributed by atoms with Crippen molar-refractivity contribution < 1.29 is 23.5 Å². The number of ether oxygens (including phenoxy) is 2. The Balaban J connectivity index is 2.13. The topological polar surface area (TPSA) is 65.7 Å². The van der Waals surface area contributed by atoms with E-state index in [1.54, 1.807) is 0 Å². The number of furan rings is 1. The zero-order valence-electron chi connectivity index (χ0n) is 16.3. The number of fused-ring (bicyclic) bond motifs is 3. The summed E-state index contributed by atoms with van der Waals surface area (Å²) in [5.41, 5.74) is 3.27. The smallest absolute Gasteiger partial charge is 0.334 e. The van der Waals surface area contributed by atoms with Gasteiger partial charge in [-0.15, -0.1) is 0 Å². The summed E-state index contributed by atoms with van der Waals surface area (Å²) < 4.78 is 17.4. The summed E-state index contributed by atoms with van der Waals surface area (Å²) in [6.07, 6.45) is 1.68. The van der Waals surface area contributed by atoms with E-state index in [1.807, 2.05) is 32.9 Å². The average molecular weight is 370 g/mol. The van der Waals surface area contributed by atoms with Crippen LogP contribution in [0.25, 0.3) is 0 Å². The van der Waals surface area contributed by atoms with Gasteiger partial charge in [-0.2, -0.15) is 0 Å². The number of rotatable bonds is 3. The van der Waals surface area contributed by atoms with E-state index >= 15 is 0 Å². The highest BCUT2D eigenvalue weighted by molar-refractivity contribution is 5.91. The SMILES string of the molecule is C=C(C)C1Cc2oc(cc2C)C(C(=C)C)C2C=C(CC1OC(C)=O)C(=O)O2. The van der Waals surface area contributed by atoms with Crippen molar-refractivity contribution in [1.29, 1.82) is 0 Å². The van der Waals surface area contributed by atoms with E-state index in [1.165, 1.54) is 6.92 Å². The largest absolute Gasteiger partial charge is 0.465 e. The second kappa shape index (κ2) is 7.22. The molecule has 4 atom stereocenters. The van der Waals surface area contributed by atoms with Crippen molar-refractivity contribution >= 4 is 11.9 Å². The van der Waals surface area contributed by atoms with Gasteiger partial charge < -0.3 is 13.9 Å². The van der Waals surface area contributed by atoms with Crippen LogP contribution < -0.4 is 0 Å². The summed E-state index contributed by atoms with van der Waals surface area (Å²) in [7, 11) is 0. The van der Waals surface area contributed by atoms with Crippen LogP contribution in [0, 0.1) is 12.8 Å². The first kappa shape index (κ1) is 19.2. The van der Waals surface area contributed by atoms with E-state index in [-0.39, 0.29) is 23.8 Å². The van der Waals surface area contributed by atoms with Crippen molar-refractivity contribution in [2.45, 2.75) is 58.7 Å². The molecular formula is C22H26O5. The Kier molecular flexibility index (Phi) is 5.13. The molecule has 0 spiro atoms. The van der Waals surface area contributed by atoms with Crippen LogP contribution in [-0.2, 0) is 25.5 Å². The van der Waals surface area contributed by atoms with E-state index in [4.69, 9.17) is 13.9 Å². The van der Waals surface area contributed by atoms with Crippen molar-refractivity contribution in [3.63, 3.8) is 0 Å². The highest BCUT2D eigenvalue weighted by Gasteiger charge is 2.39. The molecule has 1 aromatic rings. The number of hydrogen-bond donors (Lipinski definition) is 0. The molecular weight excluding hydrogens is 344 g/mol. The molecule has 0 saturated heterocycles. The molecule has 2 aliphatic heterocycles. The van der Waals surface area contributed by atoms with Gasteiger partial charge in [0.25, 0.3) is 0 Å². The first-order chi connectivity index (χ1) is 12.7. The predicted octanol–water partition coefficient (Wildman–Crippen LogP) is 4.17. The second-order valence-corrected chi connectivity index (χ2v) is 7.65. The molecule has 4 bridgehead atoms. The summed E-state index contributed by atoms with van der Waals surface area (Å²) in [6, 6.07) is 1.98. The molecule has 3 heterocycles. The maximum Gasteiger partial charge on any atom is 0.334 e. The van der Waals surface area contributed by atoms with E-state index in [9.17, 15) is 9.59 Å². The van der Waals surface area contributed by atoms with Gasteiger partial charge in [-0.05, 0) is 38.5 Å². The van der Waals surface area contributed by atoms with Crippen molar-refractivity contribution in [1.82, 2.24) is 0 Å². The molecule has 1 aromatic heterocycles. The number of hydrogen-bond acceptors (Lipinski definition) is 5. The lowest BCUT2D eigenvalue weighted by atomic mass is 9.85. The molecule has 2 aliphatic rings. The quantitative estimate of drug-likeness (QED) is 0.590. The first-order valence-corrected chi connectivity index (χ1v) is 9.16. The Morgan fingerprint density at radius 3 is 2.48 bits per heavy atom. The van der Waals surface area contributed by atoms with Gasteiger partial charge in [0, 0.05) is 31.3 Å². The van der Waals surface area contributed by atoms with Crippen LogP contribution in [0.2, 0.25) is 0 Å². The maximum atomic E-state index is 12.5. The summed E-state index contributed by atoms with van der Waals surface area (Å²) in [5, 5.41) is 0. The lowest BCUT2D eigenvalue weighted by Gasteiger charge is -2.27. The molecule has 0 radical (unpaired) electrons. The Morgan fingerprint density at radius 2 is 1.89 bits per heavy atom. The number of esters is 2. The minimum absolute atomic E-state index is 0.166. The van der Waals surface area contributed by atoms with Crippen LogP contribution in [0.5, 0.6) is 0 Å². The van der Waals surface area contributed by atoms with Crippen molar-refractivity contribution in [3.8, 4) is 0 Å². The first-order valence-electron chi connectivity index (χ1n) is 9.16. The fourth-order valence-electron chi connectivity index (χ4n) is 3.92. The predicted molar refractivity (Wildman–Crippen MR) is 101 cm³/mol. The summed E-state index contributed by atoms with van der Waals surface area (Å²) in [4.78, 5) is 24.2. The highest BCUT2D eigenvalue weighted by atomic mass is 16.6. The maximum absolute atomic E-state index is 12.5. The number of aryl methyl sites for hydroxylation is 1. The molecule has 27 heavy (non-hydrogen) atoms. The molecule has 0 amide bonds. The van der Waals surface area contributed by atoms with Crippen LogP contribution in [-0.4, -0.2) is 24.1 Å². The molecule has 0 fully saturated rings. The van der Waals surface area contributed by atoms with E-state index in [2.05, 4.69) is 13.2 Å². The zero-order valence-corrected chi connectivity index (χ0v) is 16.3. The standard InChI is InChI=1S/C22H26O5/c1-11(2)16-10-17-13(5)7-19(26-17)21(12(3)4)20-9-15(22(24)27-20)8-18(16)25-14(6)23/h7,9,16,18,20-21H,1,3,8,10H2,2,4-6H3. The van der Waals surface area contributed by atoms with E-state index in [0.29, 0.717) is 18.4 Å². The highest BCUT2D eigenvalue weighted by Crippen LogP contribution is 2.39. The fraction of sp³-hybridized carbons (Fsp3) is 0.455. The molecule has 5 heteroatoms. The molecule has 4 unspecified atom stereocenters. The molecule has 0 aliphatic carbocycles. The molecule has 0 saturated carbocycles. The van der Waals surface area contributed by atoms with Crippen LogP contribution in [0.4, 0.5) is 0 Å². The van der Waals surface area contributed by atoms with Crippen molar-refractivity contribution in [3.05, 3.63) is 59.1 Å². The van der Waals surface area contributed by atoms with Gasteiger partial charge in [-0.3, -0.25) is 4.79 Å². The normalized spacial score (nSPS) is 27.3. The van der Waals surface area contributed by atoms with Crippen molar-refractivity contribution in [2.24, 2.45) is 5.92 Å². The van der Waals surface area contributed by atoms with Crippen LogP contribution in [0.15, 0.2) is 46.4 Å². The molecule has 5 nitrogen and oxygen atoms in total. The van der Waals surface area contributed by atoms with Crippen LogP contribution in [0.1, 0.15) is 50.2 Å². The third-order valence-electron chi connectivity index (χ3n) is 5.30. The number of carbonyl (C=O) groups excluding carboxylic acids is 2. The minimum Gasteiger partial charge on any atom is -0.465 e. The summed E-state index contributed by atoms with van der Waals surface area (Å²) >= 11 is 0. The van der Waals surface area contributed by atoms with Crippen LogP contribution in [0.3, 0.4) is 0 Å². The Morgan fingerprint density at radius 1 is 1.19 bits per heavy atom. The average Bonchev–Trinajstić information content (AvgIpc) is 3.05. The van der Waals surface area contributed by atoms with Gasteiger partial charge in [-0.1, -0.05) is 24.3 Å². The third kappa shape index (κ3) is 3.77. The minimum atomic E-state index is -0.508. The molecule has 0 aromatic carbocycles. The summed E-state index contributed by atoms with van der Waals surface area (Å²) in [5.74, 6) is 0.384. The van der Waals surface area contributed by atoms with E-state index in [0.717, 1.165) is 28.2 Å². The second-order valence-electron chi connectivity index (χ2n) is 7.65. The van der Waals surface area contributed by atoms with Gasteiger partial charge >= 0.3 is 11.9 Å². The van der Waals surface area contributed by atoms with Gasteiger partial charge in [0.1, 0.15) is 23.7 Å². The van der Waals surface area contributed by atoms with Gasteiger partial charge in [0.2, 0.25) is 0 Å².